The van der Waals surface area contributed by atoms with Crippen LogP contribution in [0, 0.1) is 11.7 Å². The van der Waals surface area contributed by atoms with Crippen molar-refractivity contribution in [3.05, 3.63) is 80.6 Å². The predicted octanol–water partition coefficient (Wildman–Crippen LogP) is 5.38. The molecule has 1 N–H and O–H groups in total. The number of carbonyl (C=O) groups is 3. The average molecular weight is 512 g/mol. The maximum absolute atomic E-state index is 15.3. The number of hydrogen-bond donors (Lipinski definition) is 1. The van der Waals surface area contributed by atoms with Crippen molar-refractivity contribution in [3.8, 4) is 0 Å². The SMILES string of the molecule is CCCC1=C(C(=O)OCC)[C@H](c2ccccc2F)C2=C(C[C@H](c3cccs3)[C@H](C(=O)OCC)C2=O)N1. The molecule has 4 rings (SSSR count). The van der Waals surface area contributed by atoms with Crippen molar-refractivity contribution in [1.29, 1.82) is 0 Å². The summed E-state index contributed by atoms with van der Waals surface area (Å²) in [7, 11) is 0. The lowest BCUT2D eigenvalue weighted by molar-refractivity contribution is -0.152. The molecule has 0 unspecified atom stereocenters. The van der Waals surface area contributed by atoms with Gasteiger partial charge in [0, 0.05) is 33.3 Å². The highest BCUT2D eigenvalue weighted by atomic mass is 32.1. The molecule has 1 aliphatic heterocycles. The van der Waals surface area contributed by atoms with Crippen molar-refractivity contribution >= 4 is 29.1 Å². The number of ether oxygens (including phenoxy) is 2. The Hall–Kier alpha value is -3.26. The lowest BCUT2D eigenvalue weighted by Gasteiger charge is -2.39. The highest BCUT2D eigenvalue weighted by Gasteiger charge is 2.50. The summed E-state index contributed by atoms with van der Waals surface area (Å²) >= 11 is 1.48. The molecule has 0 spiro atoms. The van der Waals surface area contributed by atoms with E-state index in [9.17, 15) is 14.4 Å². The van der Waals surface area contributed by atoms with Crippen LogP contribution in [0.15, 0.2) is 64.3 Å². The average Bonchev–Trinajstić information content (AvgIpc) is 3.39. The van der Waals surface area contributed by atoms with Gasteiger partial charge in [0.15, 0.2) is 5.78 Å². The molecule has 2 aliphatic rings. The van der Waals surface area contributed by atoms with Gasteiger partial charge in [-0.3, -0.25) is 9.59 Å². The van der Waals surface area contributed by atoms with E-state index >= 15 is 4.39 Å². The molecule has 1 aromatic carbocycles. The Morgan fingerprint density at radius 3 is 2.47 bits per heavy atom. The lowest BCUT2D eigenvalue weighted by Crippen LogP contribution is -2.43. The van der Waals surface area contributed by atoms with Gasteiger partial charge in [0.25, 0.3) is 0 Å². The van der Waals surface area contributed by atoms with Crippen molar-refractivity contribution < 1.29 is 28.2 Å². The Bertz CT molecular complexity index is 1220. The van der Waals surface area contributed by atoms with Gasteiger partial charge in [0.2, 0.25) is 0 Å². The summed E-state index contributed by atoms with van der Waals surface area (Å²) < 4.78 is 25.9. The number of thiophene rings is 1. The number of esters is 2. The maximum atomic E-state index is 15.3. The minimum absolute atomic E-state index is 0.134. The highest BCUT2D eigenvalue weighted by Crippen LogP contribution is 2.49. The molecule has 0 fully saturated rings. The molecule has 0 bridgehead atoms. The van der Waals surface area contributed by atoms with Crippen molar-refractivity contribution in [3.63, 3.8) is 0 Å². The van der Waals surface area contributed by atoms with Crippen LogP contribution in [0.5, 0.6) is 0 Å². The number of ketones is 1. The van der Waals surface area contributed by atoms with Crippen molar-refractivity contribution in [2.45, 2.75) is 51.9 Å². The van der Waals surface area contributed by atoms with Gasteiger partial charge in [-0.2, -0.15) is 0 Å². The van der Waals surface area contributed by atoms with E-state index in [0.717, 1.165) is 11.3 Å². The molecule has 190 valence electrons. The van der Waals surface area contributed by atoms with Crippen molar-refractivity contribution in [2.75, 3.05) is 13.2 Å². The van der Waals surface area contributed by atoms with E-state index in [1.54, 1.807) is 32.0 Å². The summed E-state index contributed by atoms with van der Waals surface area (Å²) in [5, 5.41) is 5.25. The van der Waals surface area contributed by atoms with Crippen LogP contribution in [0.2, 0.25) is 0 Å². The fraction of sp³-hybridized carbons (Fsp3) is 0.393. The number of Topliss-reactive ketones (excluding diaryl/α,β-unsaturated/α-hetero) is 1. The van der Waals surface area contributed by atoms with E-state index in [1.807, 2.05) is 24.4 Å². The van der Waals surface area contributed by atoms with Gasteiger partial charge < -0.3 is 14.8 Å². The van der Waals surface area contributed by atoms with Gasteiger partial charge in [-0.1, -0.05) is 37.6 Å². The van der Waals surface area contributed by atoms with Gasteiger partial charge in [-0.15, -0.1) is 11.3 Å². The molecule has 0 amide bonds. The van der Waals surface area contributed by atoms with Crippen LogP contribution >= 0.6 is 11.3 Å². The monoisotopic (exact) mass is 511 g/mol. The number of hydrogen-bond acceptors (Lipinski definition) is 7. The van der Waals surface area contributed by atoms with Gasteiger partial charge in [0.05, 0.1) is 24.7 Å². The first-order chi connectivity index (χ1) is 17.4. The maximum Gasteiger partial charge on any atom is 0.336 e. The van der Waals surface area contributed by atoms with Gasteiger partial charge >= 0.3 is 11.9 Å². The summed E-state index contributed by atoms with van der Waals surface area (Å²) in [6.07, 6.45) is 1.61. The summed E-state index contributed by atoms with van der Waals surface area (Å²) in [5.74, 6) is -4.70. The van der Waals surface area contributed by atoms with Crippen LogP contribution in [-0.4, -0.2) is 30.9 Å². The molecule has 1 aliphatic carbocycles. The van der Waals surface area contributed by atoms with E-state index in [1.165, 1.54) is 17.4 Å². The van der Waals surface area contributed by atoms with Crippen LogP contribution in [0.1, 0.15) is 62.3 Å². The Kier molecular flexibility index (Phi) is 8.04. The summed E-state index contributed by atoms with van der Waals surface area (Å²) in [6, 6.07) is 9.92. The standard InChI is InChI=1S/C28H30FNO5S/c1-4-10-19-25(28(33)35-6-3)22(16-11-7-8-12-18(16)29)24-20(30-19)15-17(21-13-9-14-36-21)23(26(24)31)27(32)34-5-2/h7-9,11-14,17,22-23,30H,4-6,10,15H2,1-3H3/t17-,22-,23+/m1/s1. The second-order valence-electron chi connectivity index (χ2n) is 8.75. The van der Waals surface area contributed by atoms with Gasteiger partial charge in [-0.25, -0.2) is 9.18 Å². The van der Waals surface area contributed by atoms with Gasteiger partial charge in [-0.05, 0) is 44.2 Å². The molecule has 0 radical (unpaired) electrons. The predicted molar refractivity (Wildman–Crippen MR) is 135 cm³/mol. The molecule has 0 saturated carbocycles. The van der Waals surface area contributed by atoms with E-state index < -0.39 is 41.3 Å². The third-order valence-corrected chi connectivity index (χ3v) is 7.57. The van der Waals surface area contributed by atoms with E-state index in [0.29, 0.717) is 24.2 Å². The molecule has 6 nitrogen and oxygen atoms in total. The largest absolute Gasteiger partial charge is 0.465 e. The van der Waals surface area contributed by atoms with E-state index in [2.05, 4.69) is 5.32 Å². The third-order valence-electron chi connectivity index (χ3n) is 6.56. The Balaban J connectivity index is 1.94. The number of dihydropyridines is 1. The first-order valence-corrected chi connectivity index (χ1v) is 13.2. The number of halogens is 1. The van der Waals surface area contributed by atoms with Crippen LogP contribution < -0.4 is 5.32 Å². The van der Waals surface area contributed by atoms with Crippen LogP contribution in [0.3, 0.4) is 0 Å². The smallest absolute Gasteiger partial charge is 0.336 e. The normalized spacial score (nSPS) is 21.7. The number of benzene rings is 1. The number of rotatable bonds is 8. The number of nitrogens with one attached hydrogen (secondary N) is 1. The second-order valence-corrected chi connectivity index (χ2v) is 9.73. The fourth-order valence-corrected chi connectivity index (χ4v) is 6.00. The third kappa shape index (κ3) is 4.74. The zero-order valence-corrected chi connectivity index (χ0v) is 21.5. The second kappa shape index (κ2) is 11.2. The van der Waals surface area contributed by atoms with Gasteiger partial charge in [0.1, 0.15) is 11.7 Å². The van der Waals surface area contributed by atoms with Crippen LogP contribution in [-0.2, 0) is 23.9 Å². The molecule has 2 heterocycles. The molecule has 0 saturated heterocycles. The minimum atomic E-state index is -1.09. The summed E-state index contributed by atoms with van der Waals surface area (Å²) in [5.41, 5.74) is 1.88. The zero-order chi connectivity index (χ0) is 25.8. The minimum Gasteiger partial charge on any atom is -0.465 e. The Labute approximate surface area is 214 Å². The number of carbonyl (C=O) groups excluding carboxylic acids is 3. The van der Waals surface area contributed by atoms with Crippen LogP contribution in [0.25, 0.3) is 0 Å². The molecule has 1 aromatic heterocycles. The Morgan fingerprint density at radius 2 is 1.83 bits per heavy atom. The molecular weight excluding hydrogens is 481 g/mol. The Morgan fingerprint density at radius 1 is 1.08 bits per heavy atom. The fourth-order valence-electron chi connectivity index (χ4n) is 5.14. The summed E-state index contributed by atoms with van der Waals surface area (Å²) in [6.45, 7) is 5.65. The topological polar surface area (TPSA) is 81.7 Å². The lowest BCUT2D eigenvalue weighted by atomic mass is 9.68. The van der Waals surface area contributed by atoms with E-state index in [4.69, 9.17) is 9.47 Å². The molecule has 3 atom stereocenters. The molecule has 2 aromatic rings. The van der Waals surface area contributed by atoms with E-state index in [-0.39, 0.29) is 29.9 Å². The first-order valence-electron chi connectivity index (χ1n) is 12.3. The first kappa shape index (κ1) is 25.8. The van der Waals surface area contributed by atoms with Crippen LogP contribution in [0.4, 0.5) is 4.39 Å². The summed E-state index contributed by atoms with van der Waals surface area (Å²) in [4.78, 5) is 41.5. The highest BCUT2D eigenvalue weighted by molar-refractivity contribution is 7.10. The van der Waals surface area contributed by atoms with Crippen molar-refractivity contribution in [2.24, 2.45) is 5.92 Å². The number of allylic oxidation sites excluding steroid dienone is 3. The quantitative estimate of drug-likeness (QED) is 0.379. The van der Waals surface area contributed by atoms with Crippen molar-refractivity contribution in [1.82, 2.24) is 5.32 Å². The molecule has 36 heavy (non-hydrogen) atoms. The molecule has 8 heteroatoms. The zero-order valence-electron chi connectivity index (χ0n) is 20.6. The molecular formula is C28H30FNO5S.